The van der Waals surface area contributed by atoms with Crippen LogP contribution in [-0.2, 0) is 6.54 Å². The molecule has 1 unspecified atom stereocenters. The molecule has 0 saturated carbocycles. The van der Waals surface area contributed by atoms with Gasteiger partial charge in [0.05, 0.1) is 12.6 Å². The van der Waals surface area contributed by atoms with E-state index in [4.69, 9.17) is 0 Å². The topological polar surface area (TPSA) is 81.2 Å². The van der Waals surface area contributed by atoms with Gasteiger partial charge in [0.15, 0.2) is 0 Å². The Bertz CT molecular complexity index is 333. The summed E-state index contributed by atoms with van der Waals surface area (Å²) in [5, 5.41) is 19.9. The highest BCUT2D eigenvalue weighted by Crippen LogP contribution is 2.11. The van der Waals surface area contributed by atoms with E-state index in [1.165, 1.54) is 17.0 Å². The van der Waals surface area contributed by atoms with Gasteiger partial charge in [-0.15, -0.1) is 0 Å². The molecule has 0 spiro atoms. The molecule has 15 heavy (non-hydrogen) atoms. The van der Waals surface area contributed by atoms with Crippen LogP contribution in [0, 0.1) is 10.1 Å². The molecule has 1 atom stereocenters. The van der Waals surface area contributed by atoms with Gasteiger partial charge in [0.2, 0.25) is 0 Å². The molecule has 0 aromatic carbocycles. The monoisotopic (exact) mass is 235 g/mol. The van der Waals surface area contributed by atoms with E-state index in [1.54, 1.807) is 0 Å². The van der Waals surface area contributed by atoms with Crippen molar-refractivity contribution in [2.45, 2.75) is 19.1 Å². The fourth-order valence-electron chi connectivity index (χ4n) is 1.11. The second kappa shape index (κ2) is 5.66. The quantitative estimate of drug-likeness (QED) is 0.591. The number of nitro groups is 1. The first-order valence-corrected chi connectivity index (χ1v) is 5.11. The summed E-state index contributed by atoms with van der Waals surface area (Å²) >= 11 is 0.134. The highest BCUT2D eigenvalue weighted by atomic mass is 32.2. The molecule has 84 valence electrons. The lowest BCUT2D eigenvalue weighted by atomic mass is 10.3. The van der Waals surface area contributed by atoms with Crippen molar-refractivity contribution < 1.29 is 13.9 Å². The lowest BCUT2D eigenvalue weighted by Gasteiger charge is -2.07. The van der Waals surface area contributed by atoms with E-state index >= 15 is 0 Å². The third kappa shape index (κ3) is 3.48. The molecule has 1 aromatic heterocycles. The van der Waals surface area contributed by atoms with Crippen LogP contribution in [0.4, 0.5) is 9.83 Å². The van der Waals surface area contributed by atoms with Gasteiger partial charge >= 0.3 is 5.95 Å². The van der Waals surface area contributed by atoms with Crippen molar-refractivity contribution in [2.75, 3.05) is 5.75 Å². The molecule has 8 heteroatoms. The molecule has 1 N–H and O–H groups in total. The molecule has 0 aliphatic carbocycles. The Morgan fingerprint density at radius 2 is 2.53 bits per heavy atom. The molecule has 0 aliphatic heterocycles. The van der Waals surface area contributed by atoms with E-state index in [1.807, 2.05) is 0 Å². The zero-order chi connectivity index (χ0) is 11.3. The maximum absolute atomic E-state index is 11.7. The van der Waals surface area contributed by atoms with Crippen LogP contribution < -0.4 is 0 Å². The summed E-state index contributed by atoms with van der Waals surface area (Å²) in [5.74, 6) is -0.147. The maximum Gasteiger partial charge on any atom is 0.434 e. The number of imidazole rings is 1. The Balaban J connectivity index is 2.56. The third-order valence-electron chi connectivity index (χ3n) is 1.79. The Morgan fingerprint density at radius 3 is 3.13 bits per heavy atom. The first-order chi connectivity index (χ1) is 7.15. The largest absolute Gasteiger partial charge is 0.434 e. The van der Waals surface area contributed by atoms with Crippen LogP contribution in [0.25, 0.3) is 0 Å². The summed E-state index contributed by atoms with van der Waals surface area (Å²) in [5.41, 5.74) is 0. The summed E-state index contributed by atoms with van der Waals surface area (Å²) in [6.45, 7) is 0.0525. The van der Waals surface area contributed by atoms with E-state index in [0.717, 1.165) is 0 Å². The van der Waals surface area contributed by atoms with E-state index in [-0.39, 0.29) is 36.8 Å². The fourth-order valence-corrected chi connectivity index (χ4v) is 1.48. The van der Waals surface area contributed by atoms with Gasteiger partial charge in [-0.3, -0.25) is 0 Å². The number of halogens is 1. The van der Waals surface area contributed by atoms with Crippen molar-refractivity contribution in [2.24, 2.45) is 0 Å². The molecule has 1 aromatic rings. The number of hydrogen-bond donors (Lipinski definition) is 1. The first kappa shape index (κ1) is 11.9. The van der Waals surface area contributed by atoms with Gasteiger partial charge in [-0.2, -0.15) is 3.89 Å². The minimum Gasteiger partial charge on any atom is -0.390 e. The maximum atomic E-state index is 11.7. The van der Waals surface area contributed by atoms with Gasteiger partial charge in [-0.25, -0.2) is 4.57 Å². The lowest BCUT2D eigenvalue weighted by molar-refractivity contribution is -0.397. The Morgan fingerprint density at radius 1 is 1.80 bits per heavy atom. The van der Waals surface area contributed by atoms with Crippen molar-refractivity contribution >= 4 is 18.1 Å². The Hall–Kier alpha value is -1.15. The van der Waals surface area contributed by atoms with Gasteiger partial charge in [-0.05, 0) is 11.3 Å². The second-order valence-corrected chi connectivity index (χ2v) is 3.52. The molecule has 6 nitrogen and oxygen atoms in total. The van der Waals surface area contributed by atoms with Crippen LogP contribution in [0.2, 0.25) is 0 Å². The molecule has 1 rings (SSSR count). The van der Waals surface area contributed by atoms with Crippen LogP contribution in [0.15, 0.2) is 12.4 Å². The van der Waals surface area contributed by atoms with Crippen LogP contribution in [0.1, 0.15) is 6.42 Å². The predicted octanol–water partition coefficient (Wildman–Crippen LogP) is 1.16. The number of aliphatic hydroxyl groups excluding tert-OH is 1. The van der Waals surface area contributed by atoms with Crippen molar-refractivity contribution in [3.05, 3.63) is 22.5 Å². The second-order valence-electron chi connectivity index (χ2n) is 2.89. The number of nitrogens with zero attached hydrogens (tertiary/aromatic N) is 3. The molecular weight excluding hydrogens is 225 g/mol. The summed E-state index contributed by atoms with van der Waals surface area (Å²) in [4.78, 5) is 13.3. The van der Waals surface area contributed by atoms with Gasteiger partial charge < -0.3 is 15.2 Å². The number of aliphatic hydroxyl groups is 1. The zero-order valence-corrected chi connectivity index (χ0v) is 8.56. The molecule has 0 saturated heterocycles. The van der Waals surface area contributed by atoms with Crippen molar-refractivity contribution in [3.63, 3.8) is 0 Å². The van der Waals surface area contributed by atoms with Gasteiger partial charge in [0, 0.05) is 17.9 Å². The molecule has 0 radical (unpaired) electrons. The van der Waals surface area contributed by atoms with Crippen LogP contribution in [-0.4, -0.2) is 31.4 Å². The average molecular weight is 235 g/mol. The van der Waals surface area contributed by atoms with Crippen molar-refractivity contribution in [1.82, 2.24) is 9.55 Å². The molecular formula is C7H10FN3O3S. The smallest absolute Gasteiger partial charge is 0.390 e. The number of hydrogen-bond acceptors (Lipinski definition) is 5. The summed E-state index contributed by atoms with van der Waals surface area (Å²) < 4.78 is 12.9. The summed E-state index contributed by atoms with van der Waals surface area (Å²) in [7, 11) is 0. The van der Waals surface area contributed by atoms with Gasteiger partial charge in [0.25, 0.3) is 0 Å². The Labute approximate surface area is 89.6 Å². The van der Waals surface area contributed by atoms with Crippen molar-refractivity contribution in [3.8, 4) is 0 Å². The molecule has 0 bridgehead atoms. The zero-order valence-electron chi connectivity index (χ0n) is 7.74. The third-order valence-corrected chi connectivity index (χ3v) is 2.18. The SMILES string of the molecule is O=[N+]([O-])c1nccn1CC(O)CCSF. The van der Waals surface area contributed by atoms with Crippen LogP contribution >= 0.6 is 12.1 Å². The minimum absolute atomic E-state index is 0.0525. The lowest BCUT2D eigenvalue weighted by Crippen LogP contribution is -2.17. The van der Waals surface area contributed by atoms with E-state index in [9.17, 15) is 19.1 Å². The highest BCUT2D eigenvalue weighted by molar-refractivity contribution is 7.94. The van der Waals surface area contributed by atoms with E-state index in [0.29, 0.717) is 0 Å². The summed E-state index contributed by atoms with van der Waals surface area (Å²) in [6, 6.07) is 0. The Kier molecular flexibility index (Phi) is 4.50. The molecule has 0 aliphatic rings. The minimum atomic E-state index is -0.804. The van der Waals surface area contributed by atoms with E-state index in [2.05, 4.69) is 4.98 Å². The summed E-state index contributed by atoms with van der Waals surface area (Å²) in [6.07, 6.45) is 2.14. The predicted molar refractivity (Wildman–Crippen MR) is 53.1 cm³/mol. The number of rotatable bonds is 6. The normalized spacial score (nSPS) is 12.7. The van der Waals surface area contributed by atoms with Crippen molar-refractivity contribution in [1.29, 1.82) is 0 Å². The van der Waals surface area contributed by atoms with Gasteiger partial charge in [-0.1, -0.05) is 4.98 Å². The molecule has 0 fully saturated rings. The average Bonchev–Trinajstić information content (AvgIpc) is 2.62. The number of aromatic nitrogens is 2. The van der Waals surface area contributed by atoms with Gasteiger partial charge in [0.1, 0.15) is 12.4 Å². The van der Waals surface area contributed by atoms with Crippen LogP contribution in [0.3, 0.4) is 0 Å². The fraction of sp³-hybridized carbons (Fsp3) is 0.571. The first-order valence-electron chi connectivity index (χ1n) is 4.22. The highest BCUT2D eigenvalue weighted by Gasteiger charge is 2.17. The van der Waals surface area contributed by atoms with Crippen LogP contribution in [0.5, 0.6) is 0 Å². The standard InChI is InChI=1S/C7H10FN3O3S/c8-15-4-1-6(12)5-10-3-2-9-7(10)11(13)14/h2-3,6,12H,1,4-5H2. The molecule has 1 heterocycles. The molecule has 0 amide bonds. The van der Waals surface area contributed by atoms with E-state index < -0.39 is 11.0 Å².